The zero-order chi connectivity index (χ0) is 19.4. The number of hydrogen-bond acceptors (Lipinski definition) is 6. The third-order valence-electron chi connectivity index (χ3n) is 4.82. The molecule has 0 bridgehead atoms. The van der Waals surface area contributed by atoms with Gasteiger partial charge < -0.3 is 10.0 Å². The minimum Gasteiger partial charge on any atom is -0.396 e. The lowest BCUT2D eigenvalue weighted by atomic mass is 10.1. The van der Waals surface area contributed by atoms with Crippen molar-refractivity contribution in [2.45, 2.75) is 25.6 Å². The second kappa shape index (κ2) is 9.05. The summed E-state index contributed by atoms with van der Waals surface area (Å²) in [5.74, 6) is -1.64. The molecule has 1 aliphatic heterocycles. The van der Waals surface area contributed by atoms with Gasteiger partial charge in [0.1, 0.15) is 0 Å². The standard InChI is InChI=1S/C19H26F2N4OS/c1-23(2)19-22-10-16(27-19)13-24-6-7-25(15(12-24)5-8-26)11-14-3-4-17(20)18(21)9-14/h3-4,9-10,15,26H,5-8,11-13H2,1-2H3/t15-/m1/s1. The van der Waals surface area contributed by atoms with Gasteiger partial charge in [0.15, 0.2) is 16.8 Å². The molecule has 8 heteroatoms. The maximum absolute atomic E-state index is 13.5. The molecule has 1 atom stereocenters. The monoisotopic (exact) mass is 396 g/mol. The van der Waals surface area contributed by atoms with Gasteiger partial charge >= 0.3 is 0 Å². The van der Waals surface area contributed by atoms with Crippen LogP contribution in [0.15, 0.2) is 24.4 Å². The van der Waals surface area contributed by atoms with Crippen molar-refractivity contribution in [3.05, 3.63) is 46.5 Å². The molecule has 0 aliphatic carbocycles. The molecule has 1 aromatic heterocycles. The first-order valence-corrected chi connectivity index (χ1v) is 9.91. The van der Waals surface area contributed by atoms with Crippen molar-refractivity contribution in [2.75, 3.05) is 45.2 Å². The van der Waals surface area contributed by atoms with Gasteiger partial charge in [-0.2, -0.15) is 0 Å². The van der Waals surface area contributed by atoms with Crippen LogP contribution in [0, 0.1) is 11.6 Å². The molecule has 1 aliphatic rings. The molecule has 0 radical (unpaired) electrons. The normalized spacial score (nSPS) is 18.8. The second-order valence-electron chi connectivity index (χ2n) is 7.12. The van der Waals surface area contributed by atoms with Crippen molar-refractivity contribution in [2.24, 2.45) is 0 Å². The smallest absolute Gasteiger partial charge is 0.185 e. The fraction of sp³-hybridized carbons (Fsp3) is 0.526. The molecule has 1 fully saturated rings. The zero-order valence-corrected chi connectivity index (χ0v) is 16.6. The molecule has 2 heterocycles. The summed E-state index contributed by atoms with van der Waals surface area (Å²) < 4.78 is 26.6. The molecule has 1 aromatic carbocycles. The van der Waals surface area contributed by atoms with E-state index in [-0.39, 0.29) is 12.6 Å². The second-order valence-corrected chi connectivity index (χ2v) is 8.22. The Morgan fingerprint density at radius 3 is 2.70 bits per heavy atom. The van der Waals surface area contributed by atoms with E-state index in [0.29, 0.717) is 13.0 Å². The van der Waals surface area contributed by atoms with Gasteiger partial charge in [0.2, 0.25) is 0 Å². The van der Waals surface area contributed by atoms with E-state index < -0.39 is 11.6 Å². The number of hydrogen-bond donors (Lipinski definition) is 1. The quantitative estimate of drug-likeness (QED) is 0.779. The number of piperazine rings is 1. The Labute approximate surface area is 162 Å². The Morgan fingerprint density at radius 2 is 2.04 bits per heavy atom. The predicted octanol–water partition coefficient (Wildman–Crippen LogP) is 2.56. The number of benzene rings is 1. The van der Waals surface area contributed by atoms with Gasteiger partial charge in [-0.25, -0.2) is 13.8 Å². The van der Waals surface area contributed by atoms with E-state index in [0.717, 1.165) is 36.9 Å². The van der Waals surface area contributed by atoms with Crippen molar-refractivity contribution in [3.63, 3.8) is 0 Å². The van der Waals surface area contributed by atoms with Crippen molar-refractivity contribution < 1.29 is 13.9 Å². The summed E-state index contributed by atoms with van der Waals surface area (Å²) in [6.45, 7) is 4.05. The van der Waals surface area contributed by atoms with E-state index in [1.54, 1.807) is 17.4 Å². The molecule has 148 valence electrons. The van der Waals surface area contributed by atoms with Gasteiger partial charge in [0.05, 0.1) is 0 Å². The predicted molar refractivity (Wildman–Crippen MR) is 104 cm³/mol. The molecule has 0 saturated carbocycles. The Bertz CT molecular complexity index is 755. The maximum Gasteiger partial charge on any atom is 0.185 e. The number of aliphatic hydroxyl groups excluding tert-OH is 1. The summed E-state index contributed by atoms with van der Waals surface area (Å²) >= 11 is 1.69. The average Bonchev–Trinajstić information content (AvgIpc) is 3.09. The summed E-state index contributed by atoms with van der Waals surface area (Å²) in [6.07, 6.45) is 2.58. The molecule has 27 heavy (non-hydrogen) atoms. The van der Waals surface area contributed by atoms with Crippen LogP contribution < -0.4 is 4.90 Å². The molecule has 2 aromatic rings. The Hall–Kier alpha value is -1.61. The van der Waals surface area contributed by atoms with E-state index in [4.69, 9.17) is 0 Å². The summed E-state index contributed by atoms with van der Waals surface area (Å²) in [4.78, 5) is 12.3. The lowest BCUT2D eigenvalue weighted by Gasteiger charge is -2.41. The SMILES string of the molecule is CN(C)c1ncc(CN2CCN(Cc3ccc(F)c(F)c3)[C@H](CCO)C2)s1. The van der Waals surface area contributed by atoms with E-state index in [9.17, 15) is 13.9 Å². The van der Waals surface area contributed by atoms with E-state index in [1.165, 1.54) is 17.0 Å². The number of anilines is 1. The molecule has 0 spiro atoms. The zero-order valence-electron chi connectivity index (χ0n) is 15.7. The number of nitrogens with zero attached hydrogens (tertiary/aromatic N) is 4. The number of aliphatic hydroxyl groups is 1. The Kier molecular flexibility index (Phi) is 6.75. The lowest BCUT2D eigenvalue weighted by molar-refractivity contribution is 0.0503. The largest absolute Gasteiger partial charge is 0.396 e. The van der Waals surface area contributed by atoms with Crippen LogP contribution in [0.2, 0.25) is 0 Å². The van der Waals surface area contributed by atoms with Crippen LogP contribution in [0.25, 0.3) is 0 Å². The number of thiazole rings is 1. The third-order valence-corrected chi connectivity index (χ3v) is 5.97. The van der Waals surface area contributed by atoms with Crippen LogP contribution in [-0.4, -0.2) is 66.3 Å². The Balaban J connectivity index is 1.62. The number of rotatable bonds is 7. The highest BCUT2D eigenvalue weighted by molar-refractivity contribution is 7.15. The van der Waals surface area contributed by atoms with Crippen LogP contribution in [0.3, 0.4) is 0 Å². The summed E-state index contributed by atoms with van der Waals surface area (Å²) in [7, 11) is 3.97. The first-order chi connectivity index (χ1) is 13.0. The van der Waals surface area contributed by atoms with E-state index >= 15 is 0 Å². The van der Waals surface area contributed by atoms with Crippen molar-refractivity contribution >= 4 is 16.5 Å². The summed E-state index contributed by atoms with van der Waals surface area (Å²) in [5.41, 5.74) is 0.753. The van der Waals surface area contributed by atoms with Gasteiger partial charge in [0.25, 0.3) is 0 Å². The highest BCUT2D eigenvalue weighted by atomic mass is 32.1. The maximum atomic E-state index is 13.5. The van der Waals surface area contributed by atoms with Crippen molar-refractivity contribution in [1.29, 1.82) is 0 Å². The van der Waals surface area contributed by atoms with Gasteiger partial charge in [-0.3, -0.25) is 9.80 Å². The number of aromatic nitrogens is 1. The third kappa shape index (κ3) is 5.22. The highest BCUT2D eigenvalue weighted by Crippen LogP contribution is 2.24. The lowest BCUT2D eigenvalue weighted by Crippen LogP contribution is -2.52. The molecule has 0 amide bonds. The molecule has 3 rings (SSSR count). The fourth-order valence-electron chi connectivity index (χ4n) is 3.40. The minimum atomic E-state index is -0.822. The van der Waals surface area contributed by atoms with Crippen LogP contribution in [0.4, 0.5) is 13.9 Å². The van der Waals surface area contributed by atoms with E-state index in [1.807, 2.05) is 25.2 Å². The van der Waals surface area contributed by atoms with Crippen LogP contribution in [0.1, 0.15) is 16.9 Å². The molecular weight excluding hydrogens is 370 g/mol. The summed E-state index contributed by atoms with van der Waals surface area (Å²) in [6, 6.07) is 4.24. The van der Waals surface area contributed by atoms with Gasteiger partial charge in [0, 0.05) is 70.5 Å². The average molecular weight is 397 g/mol. The topological polar surface area (TPSA) is 42.8 Å². The van der Waals surface area contributed by atoms with Crippen LogP contribution >= 0.6 is 11.3 Å². The first kappa shape index (κ1) is 20.1. The number of halogens is 2. The molecule has 5 nitrogen and oxygen atoms in total. The van der Waals surface area contributed by atoms with Gasteiger partial charge in [-0.1, -0.05) is 6.07 Å². The summed E-state index contributed by atoms with van der Waals surface area (Å²) in [5, 5.41) is 10.4. The molecule has 1 N–H and O–H groups in total. The van der Waals surface area contributed by atoms with Gasteiger partial charge in [-0.05, 0) is 24.1 Å². The highest BCUT2D eigenvalue weighted by Gasteiger charge is 2.27. The minimum absolute atomic E-state index is 0.109. The molecular formula is C19H26F2N4OS. The first-order valence-electron chi connectivity index (χ1n) is 9.09. The van der Waals surface area contributed by atoms with E-state index in [2.05, 4.69) is 14.8 Å². The molecule has 1 saturated heterocycles. The Morgan fingerprint density at radius 1 is 1.22 bits per heavy atom. The van der Waals surface area contributed by atoms with Crippen LogP contribution in [0.5, 0.6) is 0 Å². The molecule has 0 unspecified atom stereocenters. The fourth-order valence-corrected chi connectivity index (χ4v) is 4.28. The van der Waals surface area contributed by atoms with Crippen molar-refractivity contribution in [3.8, 4) is 0 Å². The van der Waals surface area contributed by atoms with Gasteiger partial charge in [-0.15, -0.1) is 11.3 Å². The van der Waals surface area contributed by atoms with Crippen LogP contribution in [-0.2, 0) is 13.1 Å². The van der Waals surface area contributed by atoms with Crippen molar-refractivity contribution in [1.82, 2.24) is 14.8 Å².